The monoisotopic (exact) mass is 421 g/mol. The van der Waals surface area contributed by atoms with Gasteiger partial charge in [-0.3, -0.25) is 4.90 Å². The number of piperidine rings is 1. The molecule has 2 saturated heterocycles. The number of hydrogen-bond acceptors (Lipinski definition) is 2. The number of nitrogens with zero attached hydrogens (tertiary/aromatic N) is 3. The quantitative estimate of drug-likeness (QED) is 0.560. The van der Waals surface area contributed by atoms with Crippen molar-refractivity contribution in [1.29, 1.82) is 0 Å². The van der Waals surface area contributed by atoms with Gasteiger partial charge in [0, 0.05) is 48.8 Å². The van der Waals surface area contributed by atoms with Gasteiger partial charge in [-0.05, 0) is 87.4 Å². The first-order chi connectivity index (χ1) is 15.0. The van der Waals surface area contributed by atoms with Crippen molar-refractivity contribution in [3.8, 4) is 0 Å². The molecule has 3 heterocycles. The van der Waals surface area contributed by atoms with Crippen LogP contribution in [0.25, 0.3) is 10.9 Å². The molecule has 2 aromatic rings. The average Bonchev–Trinajstić information content (AvgIpc) is 3.42. The van der Waals surface area contributed by atoms with E-state index in [4.69, 9.17) is 0 Å². The van der Waals surface area contributed by atoms with Crippen LogP contribution in [0, 0.1) is 11.3 Å². The number of fused-ring (bicyclic) bond motifs is 1. The van der Waals surface area contributed by atoms with Gasteiger partial charge in [-0.25, -0.2) is 0 Å². The minimum absolute atomic E-state index is 0.486. The summed E-state index contributed by atoms with van der Waals surface area (Å²) in [6.45, 7) is 13.5. The van der Waals surface area contributed by atoms with Gasteiger partial charge in [-0.1, -0.05) is 39.0 Å². The highest BCUT2D eigenvalue weighted by Gasteiger charge is 2.33. The molecule has 3 heteroatoms. The number of benzene rings is 1. The first kappa shape index (κ1) is 21.5. The Morgan fingerprint density at radius 2 is 1.48 bits per heavy atom. The number of rotatable bonds is 4. The SMILES string of the molecule is CC(C)(C)C1CCC(N2CCC(n3cc(CN4CCCC4)c4ccccc43)CC2)CC1. The normalized spacial score (nSPS) is 27.3. The van der Waals surface area contributed by atoms with Crippen molar-refractivity contribution in [2.24, 2.45) is 11.3 Å². The van der Waals surface area contributed by atoms with Crippen LogP contribution < -0.4 is 0 Å². The van der Waals surface area contributed by atoms with E-state index in [0.29, 0.717) is 11.5 Å². The maximum atomic E-state index is 2.84. The highest BCUT2D eigenvalue weighted by atomic mass is 15.2. The van der Waals surface area contributed by atoms with E-state index in [-0.39, 0.29) is 0 Å². The Labute approximate surface area is 189 Å². The molecule has 3 nitrogen and oxygen atoms in total. The van der Waals surface area contributed by atoms with Crippen LogP contribution >= 0.6 is 0 Å². The van der Waals surface area contributed by atoms with Gasteiger partial charge in [0.2, 0.25) is 0 Å². The predicted molar refractivity (Wildman–Crippen MR) is 131 cm³/mol. The maximum absolute atomic E-state index is 2.84. The number of likely N-dealkylation sites (tertiary alicyclic amines) is 2. The second-order valence-corrected chi connectivity index (χ2v) is 11.7. The second-order valence-electron chi connectivity index (χ2n) is 11.7. The molecule has 3 fully saturated rings. The summed E-state index contributed by atoms with van der Waals surface area (Å²) >= 11 is 0. The zero-order valence-corrected chi connectivity index (χ0v) is 20.2. The van der Waals surface area contributed by atoms with E-state index in [1.165, 1.54) is 88.4 Å². The van der Waals surface area contributed by atoms with Gasteiger partial charge >= 0.3 is 0 Å². The number of aromatic nitrogens is 1. The molecule has 2 aliphatic heterocycles. The minimum Gasteiger partial charge on any atom is -0.344 e. The first-order valence-electron chi connectivity index (χ1n) is 13.0. The van der Waals surface area contributed by atoms with Crippen LogP contribution in [-0.4, -0.2) is 46.6 Å². The Morgan fingerprint density at radius 1 is 0.806 bits per heavy atom. The lowest BCUT2D eigenvalue weighted by Gasteiger charge is -2.43. The van der Waals surface area contributed by atoms with Gasteiger partial charge in [-0.2, -0.15) is 0 Å². The summed E-state index contributed by atoms with van der Waals surface area (Å²) in [5.74, 6) is 0.918. The van der Waals surface area contributed by atoms with E-state index < -0.39 is 0 Å². The molecule has 1 aromatic carbocycles. The third kappa shape index (κ3) is 4.59. The van der Waals surface area contributed by atoms with Crippen LogP contribution in [0.3, 0.4) is 0 Å². The number of hydrogen-bond donors (Lipinski definition) is 0. The molecule has 3 aliphatic rings. The topological polar surface area (TPSA) is 11.4 Å². The molecule has 1 aromatic heterocycles. The Bertz CT molecular complexity index is 854. The summed E-state index contributed by atoms with van der Waals surface area (Å²) in [6.07, 6.45) is 13.5. The third-order valence-corrected chi connectivity index (χ3v) is 8.75. The lowest BCUT2D eigenvalue weighted by atomic mass is 9.71. The van der Waals surface area contributed by atoms with Gasteiger partial charge < -0.3 is 9.47 Å². The fourth-order valence-electron chi connectivity index (χ4n) is 6.72. The van der Waals surface area contributed by atoms with E-state index in [0.717, 1.165) is 18.5 Å². The summed E-state index contributed by atoms with van der Waals surface area (Å²) in [4.78, 5) is 5.48. The summed E-state index contributed by atoms with van der Waals surface area (Å²) in [7, 11) is 0. The number of para-hydroxylation sites is 1. The lowest BCUT2D eigenvalue weighted by Crippen LogP contribution is -2.44. The maximum Gasteiger partial charge on any atom is 0.0486 e. The Kier molecular flexibility index (Phi) is 6.18. The van der Waals surface area contributed by atoms with Gasteiger partial charge in [-0.15, -0.1) is 0 Å². The first-order valence-corrected chi connectivity index (χ1v) is 13.0. The molecule has 0 N–H and O–H groups in total. The molecule has 1 saturated carbocycles. The fraction of sp³-hybridized carbons (Fsp3) is 0.714. The zero-order valence-electron chi connectivity index (χ0n) is 20.2. The van der Waals surface area contributed by atoms with Crippen molar-refractivity contribution in [1.82, 2.24) is 14.4 Å². The van der Waals surface area contributed by atoms with Crippen molar-refractivity contribution in [2.45, 2.75) is 90.8 Å². The molecule has 1 aliphatic carbocycles. The van der Waals surface area contributed by atoms with Crippen molar-refractivity contribution in [3.63, 3.8) is 0 Å². The van der Waals surface area contributed by atoms with Crippen molar-refractivity contribution < 1.29 is 0 Å². The highest BCUT2D eigenvalue weighted by molar-refractivity contribution is 5.84. The van der Waals surface area contributed by atoms with Crippen LogP contribution in [0.4, 0.5) is 0 Å². The van der Waals surface area contributed by atoms with E-state index in [1.807, 2.05) is 0 Å². The van der Waals surface area contributed by atoms with Gasteiger partial charge in [0.25, 0.3) is 0 Å². The average molecular weight is 422 g/mol. The second kappa shape index (κ2) is 8.90. The molecular weight excluding hydrogens is 378 g/mol. The van der Waals surface area contributed by atoms with E-state index in [1.54, 1.807) is 5.56 Å². The molecule has 0 spiro atoms. The van der Waals surface area contributed by atoms with E-state index in [9.17, 15) is 0 Å². The molecule has 5 rings (SSSR count). The van der Waals surface area contributed by atoms with E-state index >= 15 is 0 Å². The molecule has 0 radical (unpaired) electrons. The van der Waals surface area contributed by atoms with Gasteiger partial charge in [0.1, 0.15) is 0 Å². The lowest BCUT2D eigenvalue weighted by molar-refractivity contribution is 0.0723. The van der Waals surface area contributed by atoms with Gasteiger partial charge in [0.15, 0.2) is 0 Å². The van der Waals surface area contributed by atoms with E-state index in [2.05, 4.69) is 65.6 Å². The molecule has 0 amide bonds. The summed E-state index contributed by atoms with van der Waals surface area (Å²) < 4.78 is 2.65. The van der Waals surface area contributed by atoms with Crippen LogP contribution in [0.2, 0.25) is 0 Å². The summed E-state index contributed by atoms with van der Waals surface area (Å²) in [5.41, 5.74) is 3.49. The molecule has 170 valence electrons. The molecular formula is C28H43N3. The van der Waals surface area contributed by atoms with Gasteiger partial charge in [0.05, 0.1) is 0 Å². The Balaban J connectivity index is 1.24. The zero-order chi connectivity index (χ0) is 21.4. The third-order valence-electron chi connectivity index (χ3n) is 8.75. The standard InChI is InChI=1S/C28H43N3/c1-28(2,3)23-10-12-24(13-11-23)30-18-14-25(15-19-30)31-21-22(20-29-16-6-7-17-29)26-8-4-5-9-27(26)31/h4-5,8-9,21,23-25H,6-7,10-20H2,1-3H3. The van der Waals surface area contributed by atoms with Crippen molar-refractivity contribution in [2.75, 3.05) is 26.2 Å². The van der Waals surface area contributed by atoms with Crippen LogP contribution in [0.1, 0.15) is 83.7 Å². The van der Waals surface area contributed by atoms with Crippen LogP contribution in [0.15, 0.2) is 30.5 Å². The predicted octanol–water partition coefficient (Wildman–Crippen LogP) is 6.48. The molecule has 0 bridgehead atoms. The molecule has 0 atom stereocenters. The van der Waals surface area contributed by atoms with Crippen LogP contribution in [0.5, 0.6) is 0 Å². The smallest absolute Gasteiger partial charge is 0.0486 e. The summed E-state index contributed by atoms with van der Waals surface area (Å²) in [5, 5.41) is 1.48. The molecule has 31 heavy (non-hydrogen) atoms. The fourth-order valence-corrected chi connectivity index (χ4v) is 6.72. The molecule has 0 unspecified atom stereocenters. The van der Waals surface area contributed by atoms with Crippen LogP contribution in [-0.2, 0) is 6.54 Å². The minimum atomic E-state index is 0.486. The van der Waals surface area contributed by atoms with Crippen molar-refractivity contribution in [3.05, 3.63) is 36.0 Å². The Hall–Kier alpha value is -1.32. The Morgan fingerprint density at radius 3 is 2.16 bits per heavy atom. The summed E-state index contributed by atoms with van der Waals surface area (Å²) in [6, 6.07) is 10.6. The van der Waals surface area contributed by atoms with Crippen molar-refractivity contribution >= 4 is 10.9 Å². The highest BCUT2D eigenvalue weighted by Crippen LogP contribution is 2.40. The largest absolute Gasteiger partial charge is 0.344 e.